The van der Waals surface area contributed by atoms with Gasteiger partial charge in [-0.25, -0.2) is 0 Å². The average molecular weight is 257 g/mol. The van der Waals surface area contributed by atoms with Gasteiger partial charge in [0.2, 0.25) is 0 Å². The number of halogens is 1. The molecule has 1 N–H and O–H groups in total. The van der Waals surface area contributed by atoms with Crippen LogP contribution in [0, 0.1) is 0 Å². The Bertz CT molecular complexity index is 334. The smallest absolute Gasteiger partial charge is 0.193 e. The molecule has 1 atom stereocenters. The Balaban J connectivity index is 2.06. The van der Waals surface area contributed by atoms with Crippen molar-refractivity contribution in [1.82, 2.24) is 10.2 Å². The molecule has 2 heterocycles. The first kappa shape index (κ1) is 12.9. The lowest BCUT2D eigenvalue weighted by Crippen LogP contribution is -2.45. The van der Waals surface area contributed by atoms with Gasteiger partial charge in [0.15, 0.2) is 5.22 Å². The lowest BCUT2D eigenvalue weighted by molar-refractivity contribution is 0.144. The van der Waals surface area contributed by atoms with Crippen molar-refractivity contribution in [3.63, 3.8) is 0 Å². The minimum absolute atomic E-state index is 0.393. The molecule has 3 nitrogen and oxygen atoms in total. The van der Waals surface area contributed by atoms with Crippen LogP contribution in [0.25, 0.3) is 0 Å². The van der Waals surface area contributed by atoms with Crippen molar-refractivity contribution < 1.29 is 4.42 Å². The van der Waals surface area contributed by atoms with E-state index in [0.29, 0.717) is 11.3 Å². The third kappa shape index (κ3) is 3.47. The summed E-state index contributed by atoms with van der Waals surface area (Å²) >= 11 is 5.88. The molecule has 0 aromatic carbocycles. The van der Waals surface area contributed by atoms with Gasteiger partial charge in [0.25, 0.3) is 0 Å². The third-order valence-electron chi connectivity index (χ3n) is 3.35. The van der Waals surface area contributed by atoms with E-state index in [1.54, 1.807) is 0 Å². The fourth-order valence-electron chi connectivity index (χ4n) is 2.40. The third-order valence-corrected chi connectivity index (χ3v) is 3.55. The summed E-state index contributed by atoms with van der Waals surface area (Å²) in [4.78, 5) is 2.50. The lowest BCUT2D eigenvalue weighted by atomic mass is 10.0. The maximum atomic E-state index is 5.88. The van der Waals surface area contributed by atoms with Gasteiger partial charge in [-0.1, -0.05) is 19.8 Å². The molecule has 0 saturated carbocycles. The molecule has 1 fully saturated rings. The van der Waals surface area contributed by atoms with Gasteiger partial charge in [-0.15, -0.1) is 0 Å². The molecule has 1 aromatic rings. The number of hydrogen-bond donors (Lipinski definition) is 1. The summed E-state index contributed by atoms with van der Waals surface area (Å²) in [5.41, 5.74) is 0. The zero-order valence-electron chi connectivity index (χ0n) is 10.4. The quantitative estimate of drug-likeness (QED) is 0.878. The summed E-state index contributed by atoms with van der Waals surface area (Å²) in [6, 6.07) is 4.26. The van der Waals surface area contributed by atoms with Crippen LogP contribution in [-0.2, 0) is 0 Å². The van der Waals surface area contributed by atoms with Crippen LogP contribution < -0.4 is 5.32 Å². The Morgan fingerprint density at radius 1 is 1.41 bits per heavy atom. The minimum atomic E-state index is 0.393. The topological polar surface area (TPSA) is 28.4 Å². The van der Waals surface area contributed by atoms with Gasteiger partial charge in [0.1, 0.15) is 5.76 Å². The van der Waals surface area contributed by atoms with Gasteiger partial charge in [0, 0.05) is 26.2 Å². The van der Waals surface area contributed by atoms with Gasteiger partial charge in [-0.05, 0) is 30.2 Å². The van der Waals surface area contributed by atoms with Gasteiger partial charge in [-0.3, -0.25) is 4.90 Å². The minimum Gasteiger partial charge on any atom is -0.448 e. The Morgan fingerprint density at radius 3 is 2.76 bits per heavy atom. The van der Waals surface area contributed by atoms with E-state index in [9.17, 15) is 0 Å². The summed E-state index contributed by atoms with van der Waals surface area (Å²) < 4.78 is 5.60. The Kier molecular flexibility index (Phi) is 4.89. The fourth-order valence-corrected chi connectivity index (χ4v) is 2.56. The number of piperazine rings is 1. The molecule has 0 unspecified atom stereocenters. The van der Waals surface area contributed by atoms with Crippen molar-refractivity contribution in [3.8, 4) is 0 Å². The molecular formula is C13H21ClN2O. The highest BCUT2D eigenvalue weighted by Gasteiger charge is 2.24. The van der Waals surface area contributed by atoms with Gasteiger partial charge in [-0.2, -0.15) is 0 Å². The van der Waals surface area contributed by atoms with Crippen molar-refractivity contribution in [1.29, 1.82) is 0 Å². The molecule has 1 aliphatic heterocycles. The first-order valence-electron chi connectivity index (χ1n) is 6.51. The van der Waals surface area contributed by atoms with Crippen LogP contribution in [0.3, 0.4) is 0 Å². The van der Waals surface area contributed by atoms with E-state index in [2.05, 4.69) is 17.1 Å². The highest BCUT2D eigenvalue weighted by molar-refractivity contribution is 6.28. The van der Waals surface area contributed by atoms with Crippen LogP contribution in [0.2, 0.25) is 5.22 Å². The number of nitrogens with zero attached hydrogens (tertiary/aromatic N) is 1. The highest BCUT2D eigenvalue weighted by Crippen LogP contribution is 2.29. The second-order valence-corrected chi connectivity index (χ2v) is 4.96. The molecule has 17 heavy (non-hydrogen) atoms. The standard InChI is InChI=1S/C13H21ClN2O/c1-2-3-4-11(12-5-6-13(14)17-12)16-9-7-15-8-10-16/h5-6,11,15H,2-4,7-10H2,1H3/t11-/m0/s1. The van der Waals surface area contributed by atoms with E-state index >= 15 is 0 Å². The Hall–Kier alpha value is -0.510. The molecule has 4 heteroatoms. The monoisotopic (exact) mass is 256 g/mol. The number of hydrogen-bond acceptors (Lipinski definition) is 3. The molecule has 1 aromatic heterocycles. The zero-order chi connectivity index (χ0) is 12.1. The summed E-state index contributed by atoms with van der Waals surface area (Å²) in [5.74, 6) is 1.02. The molecule has 96 valence electrons. The average Bonchev–Trinajstić information content (AvgIpc) is 2.78. The Morgan fingerprint density at radius 2 is 2.18 bits per heavy atom. The molecule has 1 saturated heterocycles. The zero-order valence-corrected chi connectivity index (χ0v) is 11.2. The first-order valence-corrected chi connectivity index (χ1v) is 6.89. The van der Waals surface area contributed by atoms with Crippen LogP contribution in [-0.4, -0.2) is 31.1 Å². The van der Waals surface area contributed by atoms with Crippen LogP contribution >= 0.6 is 11.6 Å². The van der Waals surface area contributed by atoms with E-state index in [-0.39, 0.29) is 0 Å². The van der Waals surface area contributed by atoms with Gasteiger partial charge in [0.05, 0.1) is 6.04 Å². The van der Waals surface area contributed by atoms with Crippen LogP contribution in [0.4, 0.5) is 0 Å². The summed E-state index contributed by atoms with van der Waals surface area (Å²) in [6.45, 7) is 6.54. The van der Waals surface area contributed by atoms with Crippen molar-refractivity contribution in [2.24, 2.45) is 0 Å². The Labute approximate surface area is 108 Å². The van der Waals surface area contributed by atoms with Crippen LogP contribution in [0.15, 0.2) is 16.5 Å². The molecule has 1 aliphatic rings. The van der Waals surface area contributed by atoms with Crippen molar-refractivity contribution in [2.75, 3.05) is 26.2 Å². The van der Waals surface area contributed by atoms with Crippen LogP contribution in [0.1, 0.15) is 38.0 Å². The number of rotatable bonds is 5. The normalized spacial score (nSPS) is 19.4. The van der Waals surface area contributed by atoms with E-state index in [1.807, 2.05) is 12.1 Å². The molecule has 2 rings (SSSR count). The van der Waals surface area contributed by atoms with E-state index < -0.39 is 0 Å². The maximum absolute atomic E-state index is 5.88. The van der Waals surface area contributed by atoms with Gasteiger partial charge >= 0.3 is 0 Å². The van der Waals surface area contributed by atoms with Gasteiger partial charge < -0.3 is 9.73 Å². The van der Waals surface area contributed by atoms with Crippen molar-refractivity contribution in [3.05, 3.63) is 23.1 Å². The maximum Gasteiger partial charge on any atom is 0.193 e. The highest BCUT2D eigenvalue weighted by atomic mass is 35.5. The van der Waals surface area contributed by atoms with Crippen molar-refractivity contribution >= 4 is 11.6 Å². The summed E-state index contributed by atoms with van der Waals surface area (Å²) in [7, 11) is 0. The second-order valence-electron chi connectivity index (χ2n) is 4.59. The summed E-state index contributed by atoms with van der Waals surface area (Å²) in [5, 5.41) is 3.88. The molecule has 0 bridgehead atoms. The van der Waals surface area contributed by atoms with E-state index in [4.69, 9.17) is 16.0 Å². The predicted octanol–water partition coefficient (Wildman–Crippen LogP) is 3.07. The first-order chi connectivity index (χ1) is 8.31. The second kappa shape index (κ2) is 6.43. The van der Waals surface area contributed by atoms with Crippen molar-refractivity contribution in [2.45, 2.75) is 32.2 Å². The summed E-state index contributed by atoms with van der Waals surface area (Å²) in [6.07, 6.45) is 3.60. The largest absolute Gasteiger partial charge is 0.448 e. The SMILES string of the molecule is CCCC[C@@H](c1ccc(Cl)o1)N1CCNCC1. The number of furan rings is 1. The van der Waals surface area contributed by atoms with Crippen LogP contribution in [0.5, 0.6) is 0 Å². The molecule has 0 amide bonds. The number of nitrogens with one attached hydrogen (secondary N) is 1. The van der Waals surface area contributed by atoms with E-state index in [1.165, 1.54) is 12.8 Å². The molecule has 0 radical (unpaired) electrons. The molecule has 0 spiro atoms. The van der Waals surface area contributed by atoms with E-state index in [0.717, 1.165) is 38.4 Å². The fraction of sp³-hybridized carbons (Fsp3) is 0.692. The lowest BCUT2D eigenvalue weighted by Gasteiger charge is -2.33. The molecular weight excluding hydrogens is 236 g/mol. The molecule has 0 aliphatic carbocycles. The predicted molar refractivity (Wildman–Crippen MR) is 70.4 cm³/mol. The number of unbranched alkanes of at least 4 members (excludes halogenated alkanes) is 1.